The molecule has 0 spiro atoms. The van der Waals surface area contributed by atoms with Crippen molar-refractivity contribution in [2.45, 2.75) is 0 Å². The van der Waals surface area contributed by atoms with Gasteiger partial charge in [-0.05, 0) is 42.5 Å². The molecule has 3 aromatic rings. The summed E-state index contributed by atoms with van der Waals surface area (Å²) in [5.74, 6) is 0.401. The SMILES string of the molecule is CS(=O)(=O)N(CC(=O)N/N=C/c1ccccc1[N+](=O)[O-])c1ccc(Oc2ccccc2)cc1. The zero-order valence-electron chi connectivity index (χ0n) is 17.5. The van der Waals surface area contributed by atoms with E-state index in [2.05, 4.69) is 10.5 Å². The van der Waals surface area contributed by atoms with E-state index < -0.39 is 27.4 Å². The van der Waals surface area contributed by atoms with Gasteiger partial charge in [0.2, 0.25) is 10.0 Å². The lowest BCUT2D eigenvalue weighted by atomic mass is 10.2. The molecule has 0 fully saturated rings. The van der Waals surface area contributed by atoms with Gasteiger partial charge >= 0.3 is 0 Å². The van der Waals surface area contributed by atoms with Gasteiger partial charge in [-0.3, -0.25) is 19.2 Å². The Bertz CT molecular complexity index is 1260. The van der Waals surface area contributed by atoms with Crippen LogP contribution >= 0.6 is 0 Å². The molecule has 0 atom stereocenters. The minimum absolute atomic E-state index is 0.175. The average Bonchev–Trinajstić information content (AvgIpc) is 2.78. The van der Waals surface area contributed by atoms with Gasteiger partial charge in [0, 0.05) is 6.07 Å². The summed E-state index contributed by atoms with van der Waals surface area (Å²) in [6.45, 7) is -0.536. The summed E-state index contributed by atoms with van der Waals surface area (Å²) in [5, 5.41) is 14.7. The fraction of sp³-hybridized carbons (Fsp3) is 0.0909. The minimum atomic E-state index is -3.79. The fourth-order valence-corrected chi connectivity index (χ4v) is 3.66. The van der Waals surface area contributed by atoms with E-state index >= 15 is 0 Å². The number of benzene rings is 3. The summed E-state index contributed by atoms with van der Waals surface area (Å²) in [6.07, 6.45) is 2.10. The molecular formula is C22H20N4O6S. The lowest BCUT2D eigenvalue weighted by Crippen LogP contribution is -2.39. The maximum Gasteiger partial charge on any atom is 0.278 e. The zero-order chi connectivity index (χ0) is 23.8. The molecule has 0 heterocycles. The molecule has 0 aliphatic rings. The predicted octanol–water partition coefficient (Wildman–Crippen LogP) is 3.30. The summed E-state index contributed by atoms with van der Waals surface area (Å²) in [6, 6.07) is 21.2. The molecule has 0 radical (unpaired) electrons. The van der Waals surface area contributed by atoms with E-state index in [-0.39, 0.29) is 16.9 Å². The highest BCUT2D eigenvalue weighted by Gasteiger charge is 2.21. The quantitative estimate of drug-likeness (QED) is 0.291. The molecule has 0 aliphatic carbocycles. The third-order valence-electron chi connectivity index (χ3n) is 4.32. The van der Waals surface area contributed by atoms with Gasteiger partial charge in [-0.15, -0.1) is 0 Å². The van der Waals surface area contributed by atoms with Crippen LogP contribution in [0.3, 0.4) is 0 Å². The molecule has 11 heteroatoms. The smallest absolute Gasteiger partial charge is 0.278 e. The molecule has 170 valence electrons. The zero-order valence-corrected chi connectivity index (χ0v) is 18.3. The number of amides is 1. The molecule has 0 saturated carbocycles. The molecule has 0 unspecified atom stereocenters. The Morgan fingerprint density at radius 2 is 1.64 bits per heavy atom. The highest BCUT2D eigenvalue weighted by atomic mass is 32.2. The lowest BCUT2D eigenvalue weighted by molar-refractivity contribution is -0.385. The molecule has 0 aromatic heterocycles. The standard InChI is InChI=1S/C22H20N4O6S/c1-33(30,31)25(18-11-13-20(14-12-18)32-19-8-3-2-4-9-19)16-22(27)24-23-15-17-7-5-6-10-21(17)26(28)29/h2-15H,16H2,1H3,(H,24,27)/b23-15+. The Kier molecular flexibility index (Phi) is 7.36. The second-order valence-electron chi connectivity index (χ2n) is 6.79. The van der Waals surface area contributed by atoms with Crippen LogP contribution in [0.4, 0.5) is 11.4 Å². The Morgan fingerprint density at radius 3 is 2.27 bits per heavy atom. The highest BCUT2D eigenvalue weighted by Crippen LogP contribution is 2.25. The first kappa shape index (κ1) is 23.4. The molecule has 33 heavy (non-hydrogen) atoms. The van der Waals surface area contributed by atoms with E-state index in [0.29, 0.717) is 11.5 Å². The van der Waals surface area contributed by atoms with Crippen molar-refractivity contribution in [3.05, 3.63) is 94.5 Å². The largest absolute Gasteiger partial charge is 0.457 e. The number of rotatable bonds is 9. The van der Waals surface area contributed by atoms with Gasteiger partial charge in [-0.25, -0.2) is 13.8 Å². The van der Waals surface area contributed by atoms with Gasteiger partial charge in [-0.1, -0.05) is 30.3 Å². The fourth-order valence-electron chi connectivity index (χ4n) is 2.81. The van der Waals surface area contributed by atoms with Crippen LogP contribution in [-0.2, 0) is 14.8 Å². The third-order valence-corrected chi connectivity index (χ3v) is 5.46. The van der Waals surface area contributed by atoms with Gasteiger partial charge in [0.15, 0.2) is 0 Å². The van der Waals surface area contributed by atoms with Crippen molar-refractivity contribution < 1.29 is 22.9 Å². The normalized spacial score (nSPS) is 11.2. The first-order chi connectivity index (χ1) is 15.7. The lowest BCUT2D eigenvalue weighted by Gasteiger charge is -2.21. The number of carbonyl (C=O) groups is 1. The maximum absolute atomic E-state index is 12.3. The number of sulfonamides is 1. The van der Waals surface area contributed by atoms with Crippen molar-refractivity contribution in [1.82, 2.24) is 5.43 Å². The van der Waals surface area contributed by atoms with Crippen LogP contribution in [-0.4, -0.2) is 38.3 Å². The second kappa shape index (κ2) is 10.4. The summed E-state index contributed by atoms with van der Waals surface area (Å²) < 4.78 is 31.1. The van der Waals surface area contributed by atoms with Crippen LogP contribution in [0.15, 0.2) is 84.0 Å². The Hall–Kier alpha value is -4.25. The van der Waals surface area contributed by atoms with Gasteiger partial charge in [0.25, 0.3) is 11.6 Å². The molecule has 0 bridgehead atoms. The van der Waals surface area contributed by atoms with Gasteiger partial charge < -0.3 is 4.74 Å². The summed E-state index contributed by atoms with van der Waals surface area (Å²) >= 11 is 0. The van der Waals surface area contributed by atoms with Crippen LogP contribution in [0.2, 0.25) is 0 Å². The van der Waals surface area contributed by atoms with Crippen LogP contribution in [0.5, 0.6) is 11.5 Å². The first-order valence-electron chi connectivity index (χ1n) is 9.60. The minimum Gasteiger partial charge on any atom is -0.457 e. The summed E-state index contributed by atoms with van der Waals surface area (Å²) in [4.78, 5) is 22.8. The monoisotopic (exact) mass is 468 g/mol. The van der Waals surface area contributed by atoms with Crippen LogP contribution < -0.4 is 14.5 Å². The number of nitro groups is 1. The topological polar surface area (TPSA) is 131 Å². The van der Waals surface area contributed by atoms with Crippen LogP contribution in [0.25, 0.3) is 0 Å². The summed E-state index contributed by atoms with van der Waals surface area (Å²) in [7, 11) is -3.79. The third kappa shape index (κ3) is 6.61. The molecule has 1 amide bonds. The average molecular weight is 468 g/mol. The molecule has 0 saturated heterocycles. The van der Waals surface area contributed by atoms with Gasteiger partial charge in [0.05, 0.1) is 28.6 Å². The Morgan fingerprint density at radius 1 is 1.03 bits per heavy atom. The Balaban J connectivity index is 1.68. The number of para-hydroxylation sites is 2. The van der Waals surface area contributed by atoms with E-state index in [1.807, 2.05) is 18.2 Å². The van der Waals surface area contributed by atoms with Crippen LogP contribution in [0, 0.1) is 10.1 Å². The number of ether oxygens (including phenoxy) is 1. The molecule has 3 aromatic carbocycles. The first-order valence-corrected chi connectivity index (χ1v) is 11.4. The molecule has 10 nitrogen and oxygen atoms in total. The second-order valence-corrected chi connectivity index (χ2v) is 8.69. The summed E-state index contributed by atoms with van der Waals surface area (Å²) in [5.41, 5.74) is 2.47. The van der Waals surface area contributed by atoms with Gasteiger partial charge in [0.1, 0.15) is 18.0 Å². The number of hydrogen-bond acceptors (Lipinski definition) is 7. The van der Waals surface area contributed by atoms with E-state index in [0.717, 1.165) is 16.8 Å². The highest BCUT2D eigenvalue weighted by molar-refractivity contribution is 7.92. The molecule has 3 rings (SSSR count). The Labute approximate surface area is 190 Å². The van der Waals surface area contributed by atoms with Crippen molar-refractivity contribution in [2.24, 2.45) is 5.10 Å². The number of hydrogen-bond donors (Lipinski definition) is 1. The van der Waals surface area contributed by atoms with Crippen molar-refractivity contribution in [3.8, 4) is 11.5 Å². The number of nitrogens with one attached hydrogen (secondary N) is 1. The van der Waals surface area contributed by atoms with Crippen molar-refractivity contribution in [1.29, 1.82) is 0 Å². The van der Waals surface area contributed by atoms with Crippen LogP contribution in [0.1, 0.15) is 5.56 Å². The maximum atomic E-state index is 12.3. The van der Waals surface area contributed by atoms with Crippen molar-refractivity contribution in [2.75, 3.05) is 17.1 Å². The number of nitrogens with zero attached hydrogens (tertiary/aromatic N) is 3. The number of carbonyl (C=O) groups excluding carboxylic acids is 1. The number of hydrazone groups is 1. The predicted molar refractivity (Wildman–Crippen MR) is 124 cm³/mol. The van der Waals surface area contributed by atoms with Crippen molar-refractivity contribution >= 4 is 33.5 Å². The van der Waals surface area contributed by atoms with E-state index in [1.54, 1.807) is 30.3 Å². The van der Waals surface area contributed by atoms with E-state index in [1.165, 1.54) is 30.3 Å². The number of anilines is 1. The molecule has 1 N–H and O–H groups in total. The van der Waals surface area contributed by atoms with Crippen molar-refractivity contribution in [3.63, 3.8) is 0 Å². The van der Waals surface area contributed by atoms with E-state index in [9.17, 15) is 23.3 Å². The number of nitro benzene ring substituents is 1. The molecule has 0 aliphatic heterocycles. The van der Waals surface area contributed by atoms with Gasteiger partial charge in [-0.2, -0.15) is 5.10 Å². The van der Waals surface area contributed by atoms with E-state index in [4.69, 9.17) is 4.74 Å². The molecular weight excluding hydrogens is 448 g/mol.